The standard InChI is InChI=1S/C22H17Cl2N3O3S2/c23-18-4-3-15-10-21(31-19(15)11-18)32(29,30)26-7-8-27(20(28)13-26)22(24)16-1-2-17-12-25-6-5-14(17)9-16/h1-6,9-12,22H,7-8,13H2. The second-order valence-corrected chi connectivity index (χ2v) is 11.6. The Hall–Kier alpha value is -2.23. The molecule has 0 aliphatic carbocycles. The van der Waals surface area contributed by atoms with Gasteiger partial charge in [-0.15, -0.1) is 11.3 Å². The van der Waals surface area contributed by atoms with Gasteiger partial charge in [-0.3, -0.25) is 9.78 Å². The van der Waals surface area contributed by atoms with Gasteiger partial charge < -0.3 is 4.90 Å². The van der Waals surface area contributed by atoms with Crippen LogP contribution in [0.2, 0.25) is 5.02 Å². The lowest BCUT2D eigenvalue weighted by atomic mass is 10.1. The summed E-state index contributed by atoms with van der Waals surface area (Å²) in [6, 6.07) is 14.4. The molecule has 0 bridgehead atoms. The maximum absolute atomic E-state index is 13.2. The number of aromatic nitrogens is 1. The van der Waals surface area contributed by atoms with E-state index in [1.165, 1.54) is 9.21 Å². The molecule has 1 aliphatic heterocycles. The first-order valence-corrected chi connectivity index (χ1v) is 12.9. The first kappa shape index (κ1) is 21.6. The van der Waals surface area contributed by atoms with E-state index in [9.17, 15) is 13.2 Å². The first-order valence-electron chi connectivity index (χ1n) is 9.79. The second kappa shape index (κ2) is 8.28. The van der Waals surface area contributed by atoms with Crippen LogP contribution in [0.15, 0.2) is 65.1 Å². The highest BCUT2D eigenvalue weighted by Gasteiger charge is 2.36. The first-order chi connectivity index (χ1) is 15.3. The minimum Gasteiger partial charge on any atom is -0.320 e. The van der Waals surface area contributed by atoms with Gasteiger partial charge in [-0.2, -0.15) is 4.31 Å². The lowest BCUT2D eigenvalue weighted by molar-refractivity contribution is -0.135. The third kappa shape index (κ3) is 3.86. The third-order valence-electron chi connectivity index (χ3n) is 5.49. The summed E-state index contributed by atoms with van der Waals surface area (Å²) in [5.74, 6) is -0.334. The molecule has 5 rings (SSSR count). The smallest absolute Gasteiger partial charge is 0.253 e. The van der Waals surface area contributed by atoms with Gasteiger partial charge in [0, 0.05) is 40.6 Å². The number of carbonyl (C=O) groups is 1. The molecule has 0 radical (unpaired) electrons. The van der Waals surface area contributed by atoms with Gasteiger partial charge in [0.05, 0.1) is 6.54 Å². The van der Waals surface area contributed by atoms with E-state index in [1.807, 2.05) is 24.3 Å². The van der Waals surface area contributed by atoms with Crippen LogP contribution in [-0.4, -0.2) is 48.1 Å². The average molecular weight is 506 g/mol. The van der Waals surface area contributed by atoms with E-state index in [2.05, 4.69) is 4.98 Å². The number of piperazine rings is 1. The Morgan fingerprint density at radius 1 is 1.00 bits per heavy atom. The molecule has 1 atom stereocenters. The number of hydrogen-bond donors (Lipinski definition) is 0. The van der Waals surface area contributed by atoms with Crippen LogP contribution >= 0.6 is 34.5 Å². The number of amides is 1. The Balaban J connectivity index is 1.36. The number of alkyl halides is 1. The zero-order chi connectivity index (χ0) is 22.5. The van der Waals surface area contributed by atoms with Crippen molar-refractivity contribution in [3.05, 3.63) is 71.5 Å². The highest BCUT2D eigenvalue weighted by molar-refractivity contribution is 7.91. The number of benzene rings is 2. The molecule has 6 nitrogen and oxygen atoms in total. The Kier molecular flexibility index (Phi) is 5.59. The van der Waals surface area contributed by atoms with Crippen LogP contribution in [0, 0.1) is 0 Å². The molecule has 164 valence electrons. The predicted molar refractivity (Wildman–Crippen MR) is 128 cm³/mol. The number of sulfonamides is 1. The fourth-order valence-corrected chi connectivity index (χ4v) is 7.33. The molecular weight excluding hydrogens is 489 g/mol. The van der Waals surface area contributed by atoms with Crippen LogP contribution in [0.3, 0.4) is 0 Å². The van der Waals surface area contributed by atoms with Crippen molar-refractivity contribution >= 4 is 71.3 Å². The van der Waals surface area contributed by atoms with E-state index in [4.69, 9.17) is 23.2 Å². The maximum atomic E-state index is 13.2. The van der Waals surface area contributed by atoms with Crippen LogP contribution < -0.4 is 0 Å². The molecule has 0 saturated carbocycles. The number of fused-ring (bicyclic) bond motifs is 2. The van der Waals surface area contributed by atoms with Crippen molar-refractivity contribution in [3.8, 4) is 0 Å². The van der Waals surface area contributed by atoms with E-state index in [0.29, 0.717) is 5.02 Å². The van der Waals surface area contributed by atoms with Gasteiger partial charge in [0.2, 0.25) is 5.91 Å². The van der Waals surface area contributed by atoms with Crippen molar-refractivity contribution in [3.63, 3.8) is 0 Å². The summed E-state index contributed by atoms with van der Waals surface area (Å²) in [5.41, 5.74) is 0.0906. The van der Waals surface area contributed by atoms with Gasteiger partial charge in [0.15, 0.2) is 0 Å². The van der Waals surface area contributed by atoms with Crippen molar-refractivity contribution < 1.29 is 13.2 Å². The zero-order valence-corrected chi connectivity index (χ0v) is 19.8. The molecule has 32 heavy (non-hydrogen) atoms. The van der Waals surface area contributed by atoms with Gasteiger partial charge >= 0.3 is 0 Å². The number of halogens is 2. The summed E-state index contributed by atoms with van der Waals surface area (Å²) in [5, 5.41) is 3.30. The highest BCUT2D eigenvalue weighted by Crippen LogP contribution is 2.34. The molecule has 1 amide bonds. The largest absolute Gasteiger partial charge is 0.320 e. The molecule has 1 unspecified atom stereocenters. The third-order valence-corrected chi connectivity index (χ3v) is 9.60. The summed E-state index contributed by atoms with van der Waals surface area (Å²) in [7, 11) is -3.80. The van der Waals surface area contributed by atoms with Gasteiger partial charge in [-0.05, 0) is 46.7 Å². The maximum Gasteiger partial charge on any atom is 0.253 e. The average Bonchev–Trinajstić information content (AvgIpc) is 3.22. The number of thiophene rings is 1. The summed E-state index contributed by atoms with van der Waals surface area (Å²) in [4.78, 5) is 18.5. The quantitative estimate of drug-likeness (QED) is 0.293. The molecule has 0 spiro atoms. The van der Waals surface area contributed by atoms with Gasteiger partial charge in [0.25, 0.3) is 10.0 Å². The molecule has 0 N–H and O–H groups in total. The topological polar surface area (TPSA) is 70.6 Å². The van der Waals surface area contributed by atoms with Gasteiger partial charge in [-0.1, -0.05) is 41.4 Å². The number of carbonyl (C=O) groups excluding carboxylic acids is 1. The molecule has 10 heteroatoms. The summed E-state index contributed by atoms with van der Waals surface area (Å²) < 4.78 is 28.5. The lowest BCUT2D eigenvalue weighted by Crippen LogP contribution is -2.52. The summed E-state index contributed by atoms with van der Waals surface area (Å²) in [6.45, 7) is 0.124. The van der Waals surface area contributed by atoms with E-state index < -0.39 is 15.5 Å². The number of nitrogens with zero attached hydrogens (tertiary/aromatic N) is 3. The number of hydrogen-bond acceptors (Lipinski definition) is 5. The monoisotopic (exact) mass is 505 g/mol. The Bertz CT molecular complexity index is 1460. The molecule has 2 aromatic heterocycles. The van der Waals surface area contributed by atoms with Crippen molar-refractivity contribution in [1.82, 2.24) is 14.2 Å². The van der Waals surface area contributed by atoms with E-state index in [0.717, 1.165) is 37.8 Å². The van der Waals surface area contributed by atoms with Crippen LogP contribution in [0.4, 0.5) is 0 Å². The Morgan fingerprint density at radius 3 is 2.62 bits per heavy atom. The van der Waals surface area contributed by atoms with Crippen LogP contribution in [-0.2, 0) is 14.8 Å². The number of rotatable bonds is 4. The molecule has 4 aromatic rings. The van der Waals surface area contributed by atoms with Crippen LogP contribution in [0.5, 0.6) is 0 Å². The minimum absolute atomic E-state index is 0.170. The van der Waals surface area contributed by atoms with Crippen LogP contribution in [0.25, 0.3) is 20.9 Å². The van der Waals surface area contributed by atoms with Crippen molar-refractivity contribution in [2.24, 2.45) is 0 Å². The SMILES string of the molecule is O=C1CN(S(=O)(=O)c2cc3ccc(Cl)cc3s2)CCN1C(Cl)c1ccc2cnccc2c1. The van der Waals surface area contributed by atoms with Gasteiger partial charge in [-0.25, -0.2) is 8.42 Å². The Labute approximate surface area is 199 Å². The van der Waals surface area contributed by atoms with E-state index in [1.54, 1.807) is 36.7 Å². The van der Waals surface area contributed by atoms with Crippen LogP contribution in [0.1, 0.15) is 11.1 Å². The minimum atomic E-state index is -3.80. The molecular formula is C22H17Cl2N3O3S2. The van der Waals surface area contributed by atoms with E-state index >= 15 is 0 Å². The molecule has 1 fully saturated rings. The zero-order valence-electron chi connectivity index (χ0n) is 16.6. The van der Waals surface area contributed by atoms with Crippen molar-refractivity contribution in [2.75, 3.05) is 19.6 Å². The van der Waals surface area contributed by atoms with Gasteiger partial charge in [0.1, 0.15) is 9.71 Å². The fraction of sp³-hybridized carbons (Fsp3) is 0.182. The molecule has 1 aliphatic rings. The lowest BCUT2D eigenvalue weighted by Gasteiger charge is -2.36. The number of pyridine rings is 1. The summed E-state index contributed by atoms with van der Waals surface area (Å²) >= 11 is 13.8. The molecule has 2 aromatic carbocycles. The summed E-state index contributed by atoms with van der Waals surface area (Å²) in [6.07, 6.45) is 3.46. The second-order valence-electron chi connectivity index (χ2n) is 7.49. The highest BCUT2D eigenvalue weighted by atomic mass is 35.5. The molecule has 3 heterocycles. The van der Waals surface area contributed by atoms with E-state index in [-0.39, 0.29) is 29.8 Å². The predicted octanol–water partition coefficient (Wildman–Crippen LogP) is 4.87. The normalized spacial score (nSPS) is 16.7. The van der Waals surface area contributed by atoms with Crippen molar-refractivity contribution in [1.29, 1.82) is 0 Å². The Morgan fingerprint density at radius 2 is 1.81 bits per heavy atom. The fourth-order valence-electron chi connectivity index (χ4n) is 3.77. The molecule has 1 saturated heterocycles. The van der Waals surface area contributed by atoms with Crippen molar-refractivity contribution in [2.45, 2.75) is 9.71 Å².